The van der Waals surface area contributed by atoms with Gasteiger partial charge in [-0.25, -0.2) is 4.79 Å². The van der Waals surface area contributed by atoms with Crippen molar-refractivity contribution in [2.45, 2.75) is 45.6 Å². The number of carbonyl (C=O) groups is 2. The first-order valence-electron chi connectivity index (χ1n) is 6.20. The van der Waals surface area contributed by atoms with E-state index in [2.05, 4.69) is 0 Å². The molecule has 0 radical (unpaired) electrons. The van der Waals surface area contributed by atoms with Crippen LogP contribution in [0, 0.1) is 5.41 Å². The van der Waals surface area contributed by atoms with Gasteiger partial charge in [0.05, 0.1) is 5.41 Å². The highest BCUT2D eigenvalue weighted by atomic mass is 16.4. The van der Waals surface area contributed by atoms with Crippen LogP contribution in [-0.2, 0) is 9.59 Å². The molecule has 0 aromatic heterocycles. The molecule has 1 saturated heterocycles. The van der Waals surface area contributed by atoms with Gasteiger partial charge in [0, 0.05) is 13.1 Å². The fraction of sp³-hybridized carbons (Fsp3) is 0.833. The smallest absolute Gasteiger partial charge is 0.326 e. The van der Waals surface area contributed by atoms with E-state index < -0.39 is 17.4 Å². The lowest BCUT2D eigenvalue weighted by molar-refractivity contribution is -0.156. The molecule has 0 saturated carbocycles. The van der Waals surface area contributed by atoms with Crippen molar-refractivity contribution < 1.29 is 14.7 Å². The Labute approximate surface area is 102 Å². The van der Waals surface area contributed by atoms with Crippen molar-refractivity contribution in [3.63, 3.8) is 0 Å². The minimum atomic E-state index is -0.909. The Balaban J connectivity index is 2.88. The van der Waals surface area contributed by atoms with Gasteiger partial charge in [0.1, 0.15) is 6.04 Å². The number of carboxylic acid groups (broad SMARTS) is 1. The van der Waals surface area contributed by atoms with Crippen molar-refractivity contribution in [1.82, 2.24) is 4.90 Å². The zero-order valence-electron chi connectivity index (χ0n) is 10.6. The van der Waals surface area contributed by atoms with E-state index >= 15 is 0 Å². The number of piperidine rings is 1. The van der Waals surface area contributed by atoms with Gasteiger partial charge in [-0.1, -0.05) is 6.92 Å². The van der Waals surface area contributed by atoms with Crippen LogP contribution in [0.1, 0.15) is 39.5 Å². The number of rotatable bonds is 4. The molecule has 0 bridgehead atoms. The number of aliphatic carboxylic acids is 1. The summed E-state index contributed by atoms with van der Waals surface area (Å²) in [4.78, 5) is 25.0. The van der Waals surface area contributed by atoms with Crippen molar-refractivity contribution in [3.05, 3.63) is 0 Å². The number of carboxylic acids is 1. The van der Waals surface area contributed by atoms with Gasteiger partial charge in [-0.15, -0.1) is 0 Å². The largest absolute Gasteiger partial charge is 0.480 e. The van der Waals surface area contributed by atoms with Crippen LogP contribution < -0.4 is 5.73 Å². The fourth-order valence-electron chi connectivity index (χ4n) is 2.16. The first-order chi connectivity index (χ1) is 7.96. The summed E-state index contributed by atoms with van der Waals surface area (Å²) in [7, 11) is 0. The third-order valence-corrected chi connectivity index (χ3v) is 3.80. The highest BCUT2D eigenvalue weighted by molar-refractivity contribution is 5.87. The minimum Gasteiger partial charge on any atom is -0.480 e. The Morgan fingerprint density at radius 1 is 1.47 bits per heavy atom. The van der Waals surface area contributed by atoms with Gasteiger partial charge in [0.15, 0.2) is 0 Å². The molecular weight excluding hydrogens is 220 g/mol. The second-order valence-electron chi connectivity index (χ2n) is 4.97. The maximum absolute atomic E-state index is 12.4. The monoisotopic (exact) mass is 242 g/mol. The summed E-state index contributed by atoms with van der Waals surface area (Å²) < 4.78 is 0. The molecule has 1 rings (SSSR count). The average Bonchev–Trinajstić information content (AvgIpc) is 2.36. The predicted molar refractivity (Wildman–Crippen MR) is 64.4 cm³/mol. The van der Waals surface area contributed by atoms with Crippen LogP contribution in [0.25, 0.3) is 0 Å². The van der Waals surface area contributed by atoms with Gasteiger partial charge in [0.2, 0.25) is 5.91 Å². The Kier molecular flexibility index (Phi) is 4.51. The molecule has 0 aliphatic carbocycles. The Hall–Kier alpha value is -1.10. The summed E-state index contributed by atoms with van der Waals surface area (Å²) in [6.07, 6.45) is 2.92. The maximum atomic E-state index is 12.4. The lowest BCUT2D eigenvalue weighted by Gasteiger charge is -2.39. The summed E-state index contributed by atoms with van der Waals surface area (Å²) in [5, 5.41) is 9.14. The molecule has 2 atom stereocenters. The van der Waals surface area contributed by atoms with Crippen molar-refractivity contribution in [2.75, 3.05) is 13.1 Å². The van der Waals surface area contributed by atoms with Crippen LogP contribution in [0.15, 0.2) is 0 Å². The first kappa shape index (κ1) is 14.0. The molecule has 1 heterocycles. The molecule has 0 aromatic carbocycles. The second kappa shape index (κ2) is 5.49. The topological polar surface area (TPSA) is 83.6 Å². The van der Waals surface area contributed by atoms with E-state index in [1.165, 1.54) is 4.90 Å². The lowest BCUT2D eigenvalue weighted by atomic mass is 9.84. The third kappa shape index (κ3) is 2.77. The van der Waals surface area contributed by atoms with Gasteiger partial charge in [-0.05, 0) is 32.6 Å². The standard InChI is InChI=1S/C12H22N2O3/c1-3-12(2,8-13)11(17)14-7-5-4-6-9(14)10(15)16/h9H,3-8,13H2,1-2H3,(H,15,16). The molecule has 1 aliphatic rings. The number of hydrogen-bond donors (Lipinski definition) is 2. The molecule has 1 aliphatic heterocycles. The first-order valence-corrected chi connectivity index (χ1v) is 6.20. The predicted octanol–water partition coefficient (Wildman–Crippen LogP) is 0.827. The molecule has 3 N–H and O–H groups in total. The summed E-state index contributed by atoms with van der Waals surface area (Å²) in [5.74, 6) is -1.02. The normalized spacial score (nSPS) is 24.2. The number of likely N-dealkylation sites (tertiary alicyclic amines) is 1. The van der Waals surface area contributed by atoms with Crippen LogP contribution >= 0.6 is 0 Å². The van der Waals surface area contributed by atoms with E-state index in [0.29, 0.717) is 19.4 Å². The zero-order valence-corrected chi connectivity index (χ0v) is 10.6. The van der Waals surface area contributed by atoms with Gasteiger partial charge in [-0.2, -0.15) is 0 Å². The van der Waals surface area contributed by atoms with Crippen LogP contribution in [0.5, 0.6) is 0 Å². The molecule has 0 spiro atoms. The molecule has 1 amide bonds. The average molecular weight is 242 g/mol. The van der Waals surface area contributed by atoms with E-state index in [1.54, 1.807) is 0 Å². The molecule has 1 fully saturated rings. The Morgan fingerprint density at radius 2 is 2.12 bits per heavy atom. The molecule has 98 valence electrons. The van der Waals surface area contributed by atoms with Gasteiger partial charge in [-0.3, -0.25) is 4.79 Å². The van der Waals surface area contributed by atoms with Gasteiger partial charge in [0.25, 0.3) is 0 Å². The quantitative estimate of drug-likeness (QED) is 0.764. The van der Waals surface area contributed by atoms with Crippen LogP contribution in [0.3, 0.4) is 0 Å². The molecule has 0 aromatic rings. The van der Waals surface area contributed by atoms with Crippen LogP contribution in [-0.4, -0.2) is 41.0 Å². The third-order valence-electron chi connectivity index (χ3n) is 3.80. The van der Waals surface area contributed by atoms with E-state index in [9.17, 15) is 9.59 Å². The van der Waals surface area contributed by atoms with Gasteiger partial charge < -0.3 is 15.7 Å². The fourth-order valence-corrected chi connectivity index (χ4v) is 2.16. The summed E-state index contributed by atoms with van der Waals surface area (Å²) >= 11 is 0. The van der Waals surface area contributed by atoms with E-state index in [-0.39, 0.29) is 12.5 Å². The van der Waals surface area contributed by atoms with Crippen molar-refractivity contribution in [3.8, 4) is 0 Å². The van der Waals surface area contributed by atoms with Crippen molar-refractivity contribution in [2.24, 2.45) is 11.1 Å². The summed E-state index contributed by atoms with van der Waals surface area (Å²) in [6, 6.07) is -0.673. The number of amides is 1. The molecule has 2 unspecified atom stereocenters. The zero-order chi connectivity index (χ0) is 13.1. The number of carbonyl (C=O) groups excluding carboxylic acids is 1. The molecule has 17 heavy (non-hydrogen) atoms. The lowest BCUT2D eigenvalue weighted by Crippen LogP contribution is -2.54. The van der Waals surface area contributed by atoms with E-state index in [4.69, 9.17) is 10.8 Å². The Morgan fingerprint density at radius 3 is 2.59 bits per heavy atom. The number of hydrogen-bond acceptors (Lipinski definition) is 3. The SMILES string of the molecule is CCC(C)(CN)C(=O)N1CCCCC1C(=O)O. The van der Waals surface area contributed by atoms with E-state index in [1.807, 2.05) is 13.8 Å². The Bertz CT molecular complexity index is 300. The molecule has 5 heteroatoms. The van der Waals surface area contributed by atoms with E-state index in [0.717, 1.165) is 12.8 Å². The van der Waals surface area contributed by atoms with Crippen molar-refractivity contribution >= 4 is 11.9 Å². The van der Waals surface area contributed by atoms with Gasteiger partial charge >= 0.3 is 5.97 Å². The highest BCUT2D eigenvalue weighted by Gasteiger charge is 2.40. The van der Waals surface area contributed by atoms with Crippen LogP contribution in [0.4, 0.5) is 0 Å². The minimum absolute atomic E-state index is 0.116. The maximum Gasteiger partial charge on any atom is 0.326 e. The number of nitrogens with zero attached hydrogens (tertiary/aromatic N) is 1. The number of nitrogens with two attached hydrogens (primary N) is 1. The van der Waals surface area contributed by atoms with Crippen molar-refractivity contribution in [1.29, 1.82) is 0 Å². The highest BCUT2D eigenvalue weighted by Crippen LogP contribution is 2.27. The summed E-state index contributed by atoms with van der Waals surface area (Å²) in [5.41, 5.74) is 5.02. The second-order valence-corrected chi connectivity index (χ2v) is 4.97. The molecular formula is C12H22N2O3. The van der Waals surface area contributed by atoms with Crippen LogP contribution in [0.2, 0.25) is 0 Å². The summed E-state index contributed by atoms with van der Waals surface area (Å²) in [6.45, 7) is 4.50. The molecule has 5 nitrogen and oxygen atoms in total.